The van der Waals surface area contributed by atoms with Crippen LogP contribution in [0.3, 0.4) is 0 Å². The second kappa shape index (κ2) is 7.03. The number of aliphatic hydroxyl groups is 3. The summed E-state index contributed by atoms with van der Waals surface area (Å²) in [5.41, 5.74) is -1.23. The van der Waals surface area contributed by atoms with Gasteiger partial charge in [-0.2, -0.15) is 0 Å². The summed E-state index contributed by atoms with van der Waals surface area (Å²) in [7, 11) is 0. The molecule has 0 radical (unpaired) electrons. The van der Waals surface area contributed by atoms with Crippen molar-refractivity contribution in [2.24, 2.45) is 28.6 Å². The van der Waals surface area contributed by atoms with E-state index in [0.717, 1.165) is 25.7 Å². The molecule has 3 fully saturated rings. The standard InChI is InChI=1S/C21H30O5.Na.H/c1-19-7-5-13(23)9-12(19)3-4-14-15-6-8-21(26,17(25)11-22)20(15,2)10-16(24)18(14)19;;/h9,14-16,18,22,24,26H,3-8,10-11H2,1-2H3;;/t14-,15-,16-,18+,19-,20-,21-;;/m0../s1. The normalized spacial score (nSPS) is 48.6. The van der Waals surface area contributed by atoms with Crippen LogP contribution in [0, 0.1) is 28.6 Å². The van der Waals surface area contributed by atoms with E-state index in [2.05, 4.69) is 6.92 Å². The number of allylic oxidation sites excluding steroid dienone is 1. The minimum atomic E-state index is -1.54. The van der Waals surface area contributed by atoms with Crippen molar-refractivity contribution in [2.45, 2.75) is 70.5 Å². The zero-order valence-electron chi connectivity index (χ0n) is 15.7. The number of aliphatic hydroxyl groups excluding tert-OH is 2. The van der Waals surface area contributed by atoms with Crippen LogP contribution in [0.2, 0.25) is 0 Å². The number of carbonyl (C=O) groups is 2. The zero-order valence-corrected chi connectivity index (χ0v) is 15.7. The van der Waals surface area contributed by atoms with Gasteiger partial charge in [0.1, 0.15) is 12.2 Å². The molecular formula is C21H31NaO5. The molecule has 7 atom stereocenters. The summed E-state index contributed by atoms with van der Waals surface area (Å²) < 4.78 is 0. The van der Waals surface area contributed by atoms with Crippen LogP contribution in [0.1, 0.15) is 58.8 Å². The monoisotopic (exact) mass is 386 g/mol. The van der Waals surface area contributed by atoms with Gasteiger partial charge in [-0.1, -0.05) is 19.4 Å². The van der Waals surface area contributed by atoms with Gasteiger partial charge in [-0.15, -0.1) is 0 Å². The van der Waals surface area contributed by atoms with Crippen LogP contribution in [0.15, 0.2) is 11.6 Å². The van der Waals surface area contributed by atoms with Gasteiger partial charge in [0, 0.05) is 11.8 Å². The molecule has 146 valence electrons. The number of ketones is 2. The molecule has 4 aliphatic carbocycles. The molecule has 0 aromatic heterocycles. The van der Waals surface area contributed by atoms with Crippen LogP contribution >= 0.6 is 0 Å². The third kappa shape index (κ3) is 2.80. The van der Waals surface area contributed by atoms with E-state index in [4.69, 9.17) is 0 Å². The Labute approximate surface area is 182 Å². The molecule has 6 heteroatoms. The predicted octanol–water partition coefficient (Wildman–Crippen LogP) is 1.13. The Morgan fingerprint density at radius 2 is 1.93 bits per heavy atom. The molecule has 0 amide bonds. The first-order chi connectivity index (χ1) is 12.2. The molecule has 4 aliphatic rings. The molecule has 5 nitrogen and oxygen atoms in total. The Balaban J connectivity index is 0.00000210. The van der Waals surface area contributed by atoms with Crippen molar-refractivity contribution in [3.63, 3.8) is 0 Å². The van der Waals surface area contributed by atoms with Gasteiger partial charge in [-0.3, -0.25) is 9.59 Å². The van der Waals surface area contributed by atoms with Crippen LogP contribution in [-0.4, -0.2) is 74.8 Å². The first kappa shape index (κ1) is 21.7. The van der Waals surface area contributed by atoms with E-state index < -0.39 is 29.5 Å². The predicted molar refractivity (Wildman–Crippen MR) is 102 cm³/mol. The summed E-state index contributed by atoms with van der Waals surface area (Å²) in [5.74, 6) is 0.140. The van der Waals surface area contributed by atoms with E-state index >= 15 is 0 Å². The van der Waals surface area contributed by atoms with Gasteiger partial charge in [-0.05, 0) is 67.8 Å². The summed E-state index contributed by atoms with van der Waals surface area (Å²) in [6, 6.07) is 0. The van der Waals surface area contributed by atoms with E-state index in [1.807, 2.05) is 6.92 Å². The zero-order chi connectivity index (χ0) is 18.9. The van der Waals surface area contributed by atoms with Crippen molar-refractivity contribution in [3.8, 4) is 0 Å². The topological polar surface area (TPSA) is 94.8 Å². The molecule has 0 saturated heterocycles. The maximum absolute atomic E-state index is 12.4. The van der Waals surface area contributed by atoms with Gasteiger partial charge >= 0.3 is 29.6 Å². The fourth-order valence-electron chi connectivity index (χ4n) is 7.28. The third-order valence-electron chi connectivity index (χ3n) is 8.65. The number of hydrogen-bond donors (Lipinski definition) is 3. The number of rotatable bonds is 2. The molecular weight excluding hydrogens is 355 g/mol. The maximum atomic E-state index is 12.4. The summed E-state index contributed by atoms with van der Waals surface area (Å²) in [5, 5.41) is 31.7. The SMILES string of the molecule is C[C@]12CCC(=O)C=C1CC[C@@H]1[C@@H]2[C@@H](O)C[C@@]2(C)[C@H]1CC[C@]2(O)C(=O)CO.[NaH]. The van der Waals surface area contributed by atoms with Crippen LogP contribution in [0.25, 0.3) is 0 Å². The Morgan fingerprint density at radius 3 is 2.59 bits per heavy atom. The van der Waals surface area contributed by atoms with Crippen molar-refractivity contribution < 1.29 is 24.9 Å². The van der Waals surface area contributed by atoms with E-state index in [1.54, 1.807) is 6.08 Å². The molecule has 27 heavy (non-hydrogen) atoms. The van der Waals surface area contributed by atoms with Crippen molar-refractivity contribution in [2.75, 3.05) is 6.61 Å². The molecule has 3 saturated carbocycles. The first-order valence-electron chi connectivity index (χ1n) is 9.96. The van der Waals surface area contributed by atoms with E-state index in [1.165, 1.54) is 5.57 Å². The number of Topliss-reactive ketones (excluding diaryl/α,β-unsaturated/α-hetero) is 1. The Kier molecular flexibility index (Phi) is 5.64. The molecule has 0 heterocycles. The van der Waals surface area contributed by atoms with E-state index in [9.17, 15) is 24.9 Å². The van der Waals surface area contributed by atoms with Crippen LogP contribution in [0.5, 0.6) is 0 Å². The molecule has 0 aliphatic heterocycles. The van der Waals surface area contributed by atoms with Gasteiger partial charge in [0.2, 0.25) is 0 Å². The van der Waals surface area contributed by atoms with Crippen LogP contribution < -0.4 is 0 Å². The summed E-state index contributed by atoms with van der Waals surface area (Å²) >= 11 is 0. The fourth-order valence-corrected chi connectivity index (χ4v) is 7.28. The van der Waals surface area contributed by atoms with Crippen molar-refractivity contribution in [1.82, 2.24) is 0 Å². The second-order valence-corrected chi connectivity index (χ2v) is 9.56. The fraction of sp³-hybridized carbons (Fsp3) is 0.810. The van der Waals surface area contributed by atoms with Gasteiger partial charge in [0.25, 0.3) is 0 Å². The Hall–Kier alpha value is -0.0400. The Morgan fingerprint density at radius 1 is 1.22 bits per heavy atom. The second-order valence-electron chi connectivity index (χ2n) is 9.56. The minimum absolute atomic E-state index is 0. The summed E-state index contributed by atoms with van der Waals surface area (Å²) in [6.07, 6.45) is 5.74. The Bertz CT molecular complexity index is 690. The molecule has 4 rings (SSSR count). The van der Waals surface area contributed by atoms with Crippen LogP contribution in [-0.2, 0) is 9.59 Å². The van der Waals surface area contributed by atoms with Crippen LogP contribution in [0.4, 0.5) is 0 Å². The quantitative estimate of drug-likeness (QED) is 0.619. The molecule has 3 N–H and O–H groups in total. The van der Waals surface area contributed by atoms with Gasteiger partial charge < -0.3 is 15.3 Å². The first-order valence-corrected chi connectivity index (χ1v) is 9.96. The molecule has 0 spiro atoms. The molecule has 0 unspecified atom stereocenters. The summed E-state index contributed by atoms with van der Waals surface area (Å²) in [6.45, 7) is 3.46. The number of hydrogen-bond acceptors (Lipinski definition) is 5. The van der Waals surface area contributed by atoms with Crippen molar-refractivity contribution in [1.29, 1.82) is 0 Å². The van der Waals surface area contributed by atoms with Crippen molar-refractivity contribution >= 4 is 41.1 Å². The third-order valence-corrected chi connectivity index (χ3v) is 8.65. The number of carbonyl (C=O) groups excluding carboxylic acids is 2. The average molecular weight is 386 g/mol. The molecule has 0 aromatic rings. The van der Waals surface area contributed by atoms with Gasteiger partial charge in [0.15, 0.2) is 11.6 Å². The van der Waals surface area contributed by atoms with Gasteiger partial charge in [-0.25, -0.2) is 0 Å². The van der Waals surface area contributed by atoms with Crippen molar-refractivity contribution in [3.05, 3.63) is 11.6 Å². The average Bonchev–Trinajstić information content (AvgIpc) is 2.86. The molecule has 0 aromatic carbocycles. The van der Waals surface area contributed by atoms with E-state index in [0.29, 0.717) is 19.3 Å². The van der Waals surface area contributed by atoms with Gasteiger partial charge in [0.05, 0.1) is 6.10 Å². The number of fused-ring (bicyclic) bond motifs is 5. The molecule has 0 bridgehead atoms. The van der Waals surface area contributed by atoms with E-state index in [-0.39, 0.29) is 58.5 Å². The summed E-state index contributed by atoms with van der Waals surface area (Å²) in [4.78, 5) is 24.3.